The highest BCUT2D eigenvalue weighted by molar-refractivity contribution is 7.15. The van der Waals surface area contributed by atoms with Gasteiger partial charge in [0.1, 0.15) is 5.75 Å². The standard InChI is InChI=1S/C21H19ClN2O2S/c1-26-16-8-6-15(7-9-16)21(10-11-21)19(25)24-20-23-13-17(27-20)12-14-4-2-3-5-18(14)22/h2-9,13H,10-12H2,1H3,(H,23,24,25). The molecule has 1 amide bonds. The van der Waals surface area contributed by atoms with Crippen LogP contribution < -0.4 is 10.1 Å². The molecule has 0 saturated heterocycles. The van der Waals surface area contributed by atoms with Crippen molar-refractivity contribution in [1.82, 2.24) is 4.98 Å². The molecule has 4 rings (SSSR count). The van der Waals surface area contributed by atoms with Crippen molar-refractivity contribution in [2.75, 3.05) is 12.4 Å². The molecule has 1 saturated carbocycles. The van der Waals surface area contributed by atoms with E-state index in [1.54, 1.807) is 13.3 Å². The van der Waals surface area contributed by atoms with Gasteiger partial charge in [-0.2, -0.15) is 0 Å². The van der Waals surface area contributed by atoms with E-state index in [1.165, 1.54) is 11.3 Å². The van der Waals surface area contributed by atoms with Gasteiger partial charge in [-0.05, 0) is 42.2 Å². The monoisotopic (exact) mass is 398 g/mol. The van der Waals surface area contributed by atoms with Crippen LogP contribution in [-0.4, -0.2) is 18.0 Å². The van der Waals surface area contributed by atoms with Gasteiger partial charge in [-0.25, -0.2) is 4.98 Å². The van der Waals surface area contributed by atoms with Crippen LogP contribution in [0.15, 0.2) is 54.7 Å². The van der Waals surface area contributed by atoms with Crippen molar-refractivity contribution in [3.63, 3.8) is 0 Å². The first-order valence-electron chi connectivity index (χ1n) is 8.75. The molecule has 6 heteroatoms. The number of anilines is 1. The Labute approximate surface area is 167 Å². The third-order valence-electron chi connectivity index (χ3n) is 4.92. The van der Waals surface area contributed by atoms with E-state index < -0.39 is 5.41 Å². The molecule has 1 aliphatic rings. The molecule has 0 radical (unpaired) electrons. The molecule has 0 unspecified atom stereocenters. The van der Waals surface area contributed by atoms with Crippen molar-refractivity contribution in [3.05, 3.63) is 75.8 Å². The van der Waals surface area contributed by atoms with Crippen LogP contribution in [0.5, 0.6) is 5.75 Å². The molecular formula is C21H19ClN2O2S. The number of methoxy groups -OCH3 is 1. The molecule has 27 heavy (non-hydrogen) atoms. The maximum atomic E-state index is 12.9. The average Bonchev–Trinajstić information content (AvgIpc) is 3.39. The predicted octanol–water partition coefficient (Wildman–Crippen LogP) is 5.07. The number of hydrogen-bond donors (Lipinski definition) is 1. The maximum Gasteiger partial charge on any atom is 0.236 e. The normalized spacial score (nSPS) is 14.6. The second-order valence-corrected chi connectivity index (χ2v) is 8.19. The van der Waals surface area contributed by atoms with Crippen LogP contribution in [0.4, 0.5) is 5.13 Å². The average molecular weight is 399 g/mol. The second kappa shape index (κ2) is 7.33. The number of aromatic nitrogens is 1. The minimum absolute atomic E-state index is 0.00584. The number of hydrogen-bond acceptors (Lipinski definition) is 4. The van der Waals surface area contributed by atoms with Crippen LogP contribution in [0.25, 0.3) is 0 Å². The smallest absolute Gasteiger partial charge is 0.236 e. The number of carbonyl (C=O) groups excluding carboxylic acids is 1. The topological polar surface area (TPSA) is 51.2 Å². The Morgan fingerprint density at radius 1 is 1.22 bits per heavy atom. The molecule has 0 spiro atoms. The van der Waals surface area contributed by atoms with Gasteiger partial charge in [-0.1, -0.05) is 41.9 Å². The zero-order valence-corrected chi connectivity index (χ0v) is 16.4. The minimum atomic E-state index is -0.444. The van der Waals surface area contributed by atoms with Crippen LogP contribution in [0.3, 0.4) is 0 Å². The third-order valence-corrected chi connectivity index (χ3v) is 6.21. The van der Waals surface area contributed by atoms with Crippen LogP contribution >= 0.6 is 22.9 Å². The van der Waals surface area contributed by atoms with Gasteiger partial charge in [0.15, 0.2) is 5.13 Å². The van der Waals surface area contributed by atoms with Crippen LogP contribution in [0, 0.1) is 0 Å². The predicted molar refractivity (Wildman–Crippen MR) is 109 cm³/mol. The van der Waals surface area contributed by atoms with Crippen LogP contribution in [0.2, 0.25) is 5.02 Å². The summed E-state index contributed by atoms with van der Waals surface area (Å²) < 4.78 is 5.20. The minimum Gasteiger partial charge on any atom is -0.497 e. The Kier molecular flexibility index (Phi) is 4.89. The van der Waals surface area contributed by atoms with Crippen molar-refractivity contribution >= 4 is 34.0 Å². The first kappa shape index (κ1) is 18.0. The molecule has 138 valence electrons. The molecule has 2 aromatic carbocycles. The summed E-state index contributed by atoms with van der Waals surface area (Å²) in [5.74, 6) is 0.797. The molecule has 1 aliphatic carbocycles. The number of ether oxygens (including phenoxy) is 1. The highest BCUT2D eigenvalue weighted by Gasteiger charge is 2.51. The molecule has 0 atom stereocenters. The fourth-order valence-corrected chi connectivity index (χ4v) is 4.21. The van der Waals surface area contributed by atoms with Gasteiger partial charge in [0, 0.05) is 22.5 Å². The molecule has 0 bridgehead atoms. The van der Waals surface area contributed by atoms with Gasteiger partial charge < -0.3 is 10.1 Å². The first-order valence-corrected chi connectivity index (χ1v) is 9.94. The van der Waals surface area contributed by atoms with Crippen molar-refractivity contribution < 1.29 is 9.53 Å². The summed E-state index contributed by atoms with van der Waals surface area (Å²) in [7, 11) is 1.64. The zero-order valence-electron chi connectivity index (χ0n) is 14.9. The number of carbonyl (C=O) groups is 1. The highest BCUT2D eigenvalue weighted by atomic mass is 35.5. The summed E-state index contributed by atoms with van der Waals surface area (Å²) in [5, 5.41) is 4.37. The number of thiazole rings is 1. The van der Waals surface area contributed by atoms with E-state index in [1.807, 2.05) is 48.5 Å². The van der Waals surface area contributed by atoms with Crippen molar-refractivity contribution in [2.24, 2.45) is 0 Å². The lowest BCUT2D eigenvalue weighted by Gasteiger charge is -2.15. The number of benzene rings is 2. The number of halogens is 1. The Morgan fingerprint density at radius 2 is 1.96 bits per heavy atom. The Hall–Kier alpha value is -2.37. The SMILES string of the molecule is COc1ccc(C2(C(=O)Nc3ncc(Cc4ccccc4Cl)s3)CC2)cc1. The van der Waals surface area contributed by atoms with E-state index >= 15 is 0 Å². The number of rotatable bonds is 6. The Bertz CT molecular complexity index is 964. The summed E-state index contributed by atoms with van der Waals surface area (Å²) >= 11 is 7.72. The molecular weight excluding hydrogens is 380 g/mol. The van der Waals surface area contributed by atoms with Crippen LogP contribution in [0.1, 0.15) is 28.8 Å². The van der Waals surface area contributed by atoms with Gasteiger partial charge in [0.2, 0.25) is 5.91 Å². The van der Waals surface area contributed by atoms with Gasteiger partial charge in [0.25, 0.3) is 0 Å². The van der Waals surface area contributed by atoms with E-state index in [-0.39, 0.29) is 5.91 Å². The summed E-state index contributed by atoms with van der Waals surface area (Å²) in [6, 6.07) is 15.5. The van der Waals surface area contributed by atoms with E-state index in [4.69, 9.17) is 16.3 Å². The van der Waals surface area contributed by atoms with Crippen molar-refractivity contribution in [1.29, 1.82) is 0 Å². The second-order valence-electron chi connectivity index (χ2n) is 6.66. The molecule has 0 aliphatic heterocycles. The van der Waals surface area contributed by atoms with Gasteiger partial charge in [-0.15, -0.1) is 11.3 Å². The number of nitrogens with zero attached hydrogens (tertiary/aromatic N) is 1. The maximum absolute atomic E-state index is 12.9. The summed E-state index contributed by atoms with van der Waals surface area (Å²) in [5.41, 5.74) is 1.63. The molecule has 3 aromatic rings. The fraction of sp³-hybridized carbons (Fsp3) is 0.238. The van der Waals surface area contributed by atoms with Gasteiger partial charge in [0.05, 0.1) is 12.5 Å². The van der Waals surface area contributed by atoms with E-state index in [9.17, 15) is 4.79 Å². The van der Waals surface area contributed by atoms with E-state index in [0.717, 1.165) is 39.6 Å². The quantitative estimate of drug-likeness (QED) is 0.630. The lowest BCUT2D eigenvalue weighted by atomic mass is 9.95. The zero-order chi connectivity index (χ0) is 18.9. The molecule has 4 nitrogen and oxygen atoms in total. The molecule has 1 N–H and O–H groups in total. The molecule has 1 aromatic heterocycles. The number of nitrogens with one attached hydrogen (secondary N) is 1. The first-order chi connectivity index (χ1) is 13.1. The van der Waals surface area contributed by atoms with Crippen molar-refractivity contribution in [3.8, 4) is 5.75 Å². The summed E-state index contributed by atoms with van der Waals surface area (Å²) in [4.78, 5) is 18.3. The van der Waals surface area contributed by atoms with Crippen molar-refractivity contribution in [2.45, 2.75) is 24.7 Å². The highest BCUT2D eigenvalue weighted by Crippen LogP contribution is 2.49. The Morgan fingerprint density at radius 3 is 2.63 bits per heavy atom. The number of amides is 1. The molecule has 1 heterocycles. The lowest BCUT2D eigenvalue weighted by molar-refractivity contribution is -0.118. The summed E-state index contributed by atoms with van der Waals surface area (Å²) in [6.07, 6.45) is 4.21. The summed E-state index contributed by atoms with van der Waals surface area (Å²) in [6.45, 7) is 0. The van der Waals surface area contributed by atoms with Crippen LogP contribution in [-0.2, 0) is 16.6 Å². The van der Waals surface area contributed by atoms with Gasteiger partial charge >= 0.3 is 0 Å². The largest absolute Gasteiger partial charge is 0.497 e. The van der Waals surface area contributed by atoms with Gasteiger partial charge in [-0.3, -0.25) is 4.79 Å². The molecule has 1 fully saturated rings. The third kappa shape index (κ3) is 3.70. The van der Waals surface area contributed by atoms with E-state index in [2.05, 4.69) is 10.3 Å². The fourth-order valence-electron chi connectivity index (χ4n) is 3.18. The lowest BCUT2D eigenvalue weighted by Crippen LogP contribution is -2.27. The van der Waals surface area contributed by atoms with E-state index in [0.29, 0.717) is 11.6 Å². The Balaban J connectivity index is 1.45.